The van der Waals surface area contributed by atoms with Crippen molar-refractivity contribution >= 4 is 34.8 Å². The van der Waals surface area contributed by atoms with Crippen LogP contribution in [-0.4, -0.2) is 29.8 Å². The van der Waals surface area contributed by atoms with Gasteiger partial charge in [-0.3, -0.25) is 15.4 Å². The van der Waals surface area contributed by atoms with Gasteiger partial charge in [0.1, 0.15) is 17.6 Å². The minimum Gasteiger partial charge on any atom is -0.378 e. The molecule has 0 aromatic heterocycles. The zero-order chi connectivity index (χ0) is 18.9. The van der Waals surface area contributed by atoms with Gasteiger partial charge in [0.15, 0.2) is 0 Å². The molecule has 0 saturated carbocycles. The van der Waals surface area contributed by atoms with Crippen molar-refractivity contribution in [1.29, 1.82) is 0 Å². The Morgan fingerprint density at radius 1 is 1.22 bits per heavy atom. The molecule has 0 aliphatic carbocycles. The van der Waals surface area contributed by atoms with Gasteiger partial charge in [-0.25, -0.2) is 4.39 Å². The van der Waals surface area contributed by atoms with Crippen molar-refractivity contribution < 1.29 is 14.3 Å². The van der Waals surface area contributed by atoms with Gasteiger partial charge in [0.05, 0.1) is 5.02 Å². The van der Waals surface area contributed by atoms with Crippen LogP contribution in [0.25, 0.3) is 0 Å². The molecule has 1 unspecified atom stereocenters. The minimum atomic E-state index is -1.20. The maximum absolute atomic E-state index is 15.0. The average Bonchev–Trinajstić information content (AvgIpc) is 3.24. The molecule has 5 atom stereocenters. The second-order valence-electron chi connectivity index (χ2n) is 7.25. The third kappa shape index (κ3) is 2.25. The summed E-state index contributed by atoms with van der Waals surface area (Å²) in [5.74, 6) is -1.90. The second kappa shape index (κ2) is 5.90. The van der Waals surface area contributed by atoms with E-state index in [0.717, 1.165) is 0 Å². The number of nitrogens with one attached hydrogen (secondary N) is 3. The van der Waals surface area contributed by atoms with E-state index in [0.29, 0.717) is 28.4 Å². The van der Waals surface area contributed by atoms with Crippen LogP contribution < -0.4 is 16.0 Å². The van der Waals surface area contributed by atoms with Crippen LogP contribution in [0.2, 0.25) is 10.0 Å². The molecule has 8 heteroatoms. The van der Waals surface area contributed by atoms with Crippen molar-refractivity contribution in [3.63, 3.8) is 0 Å². The van der Waals surface area contributed by atoms with E-state index in [4.69, 9.17) is 23.2 Å². The predicted molar refractivity (Wildman–Crippen MR) is 100 cm³/mol. The minimum absolute atomic E-state index is 0.0127. The summed E-state index contributed by atoms with van der Waals surface area (Å²) in [5.41, 5.74) is 0.394. The molecule has 2 saturated heterocycles. The summed E-state index contributed by atoms with van der Waals surface area (Å²) in [4.78, 5) is 13.2. The fourth-order valence-corrected chi connectivity index (χ4v) is 5.29. The highest BCUT2D eigenvalue weighted by molar-refractivity contribution is 6.31. The number of carbonyl (C=O) groups is 1. The smallest absolute Gasteiger partial charge is 0.250 e. The van der Waals surface area contributed by atoms with Crippen LogP contribution >= 0.6 is 23.2 Å². The molecule has 3 aliphatic heterocycles. The number of anilines is 1. The van der Waals surface area contributed by atoms with Crippen molar-refractivity contribution in [3.05, 3.63) is 63.4 Å². The second-order valence-corrected chi connectivity index (χ2v) is 8.10. The van der Waals surface area contributed by atoms with Crippen molar-refractivity contribution in [2.75, 3.05) is 11.9 Å². The van der Waals surface area contributed by atoms with E-state index in [9.17, 15) is 9.90 Å². The fraction of sp³-hybridized carbons (Fsp3) is 0.316. The molecule has 2 fully saturated rings. The number of carbonyl (C=O) groups excluding carboxylic acids is 1. The monoisotopic (exact) mass is 407 g/mol. The maximum atomic E-state index is 15.0. The van der Waals surface area contributed by atoms with Gasteiger partial charge in [-0.15, -0.1) is 0 Å². The summed E-state index contributed by atoms with van der Waals surface area (Å²) < 4.78 is 15.0. The SMILES string of the molecule is O=C1Nc2cc(Cl)ccc2[C@@]12N[C@@H]1CNC(O)[C@@H]1[C@H]2c1cccc(Cl)c1F. The summed E-state index contributed by atoms with van der Waals surface area (Å²) >= 11 is 12.1. The Labute approximate surface area is 164 Å². The lowest BCUT2D eigenvalue weighted by Crippen LogP contribution is -2.51. The number of aliphatic hydroxyl groups excluding tert-OH is 1. The Morgan fingerprint density at radius 2 is 2.04 bits per heavy atom. The van der Waals surface area contributed by atoms with Gasteiger partial charge in [-0.2, -0.15) is 0 Å². The highest BCUT2D eigenvalue weighted by atomic mass is 35.5. The lowest BCUT2D eigenvalue weighted by molar-refractivity contribution is -0.122. The summed E-state index contributed by atoms with van der Waals surface area (Å²) in [7, 11) is 0. The summed E-state index contributed by atoms with van der Waals surface area (Å²) in [6, 6.07) is 9.72. The number of hydrogen-bond acceptors (Lipinski definition) is 4. The number of rotatable bonds is 1. The Kier molecular flexibility index (Phi) is 3.80. The topological polar surface area (TPSA) is 73.4 Å². The van der Waals surface area contributed by atoms with Crippen LogP contribution in [0, 0.1) is 11.7 Å². The largest absolute Gasteiger partial charge is 0.378 e. The number of aliphatic hydroxyl groups is 1. The number of fused-ring (bicyclic) bond motifs is 3. The third-order valence-electron chi connectivity index (χ3n) is 5.97. The molecule has 2 aromatic rings. The van der Waals surface area contributed by atoms with Gasteiger partial charge >= 0.3 is 0 Å². The lowest BCUT2D eigenvalue weighted by atomic mass is 9.71. The quantitative estimate of drug-likeness (QED) is 0.586. The number of hydrogen-bond donors (Lipinski definition) is 4. The zero-order valence-corrected chi connectivity index (χ0v) is 15.5. The number of halogens is 3. The van der Waals surface area contributed by atoms with Crippen molar-refractivity contribution in [2.24, 2.45) is 5.92 Å². The van der Waals surface area contributed by atoms with Crippen molar-refractivity contribution in [1.82, 2.24) is 10.6 Å². The molecule has 3 aliphatic rings. The van der Waals surface area contributed by atoms with E-state index in [2.05, 4.69) is 16.0 Å². The van der Waals surface area contributed by atoms with Crippen LogP contribution in [0.15, 0.2) is 36.4 Å². The van der Waals surface area contributed by atoms with Crippen LogP contribution in [0.1, 0.15) is 17.0 Å². The standard InChI is InChI=1S/C19H16Cl2FN3O2/c20-8-4-5-10-12(6-8)24-18(27)19(10)15(9-2-1-3-11(21)16(9)22)14-13(25-19)7-23-17(14)26/h1-6,13-15,17,23,25-26H,7H2,(H,24,27)/t13-,14+,15-,17?,19+/m1/s1. The molecule has 4 N–H and O–H groups in total. The molecule has 0 bridgehead atoms. The first-order valence-corrected chi connectivity index (χ1v) is 9.43. The molecule has 27 heavy (non-hydrogen) atoms. The van der Waals surface area contributed by atoms with Gasteiger partial charge in [0.25, 0.3) is 0 Å². The van der Waals surface area contributed by atoms with E-state index < -0.39 is 29.4 Å². The van der Waals surface area contributed by atoms with E-state index >= 15 is 4.39 Å². The first-order chi connectivity index (χ1) is 12.9. The highest BCUT2D eigenvalue weighted by Gasteiger charge is 2.65. The molecular formula is C19H16Cl2FN3O2. The van der Waals surface area contributed by atoms with Gasteiger partial charge in [-0.1, -0.05) is 41.4 Å². The third-order valence-corrected chi connectivity index (χ3v) is 6.50. The molecule has 1 spiro atoms. The van der Waals surface area contributed by atoms with E-state index in [1.54, 1.807) is 30.3 Å². The van der Waals surface area contributed by atoms with E-state index in [-0.39, 0.29) is 17.0 Å². The van der Waals surface area contributed by atoms with E-state index in [1.807, 2.05) is 0 Å². The Hall–Kier alpha value is -1.70. The van der Waals surface area contributed by atoms with Gasteiger partial charge in [0, 0.05) is 40.7 Å². The zero-order valence-electron chi connectivity index (χ0n) is 14.0. The molecule has 0 radical (unpaired) electrons. The Bertz CT molecular complexity index is 972. The van der Waals surface area contributed by atoms with Crippen LogP contribution in [-0.2, 0) is 10.3 Å². The van der Waals surface area contributed by atoms with Crippen molar-refractivity contribution in [2.45, 2.75) is 23.7 Å². The normalized spacial score (nSPS) is 34.0. The van der Waals surface area contributed by atoms with Gasteiger partial charge in [0.2, 0.25) is 5.91 Å². The summed E-state index contributed by atoms with van der Waals surface area (Å²) in [6.45, 7) is 0.475. The van der Waals surface area contributed by atoms with E-state index in [1.165, 1.54) is 6.07 Å². The molecular weight excluding hydrogens is 392 g/mol. The summed E-state index contributed by atoms with van der Waals surface area (Å²) in [5, 5.41) is 20.3. The summed E-state index contributed by atoms with van der Waals surface area (Å²) in [6.07, 6.45) is -0.866. The van der Waals surface area contributed by atoms with Crippen molar-refractivity contribution in [3.8, 4) is 0 Å². The maximum Gasteiger partial charge on any atom is 0.250 e. The average molecular weight is 408 g/mol. The Balaban J connectivity index is 1.77. The first kappa shape index (κ1) is 17.4. The van der Waals surface area contributed by atoms with Crippen LogP contribution in [0.3, 0.4) is 0 Å². The molecule has 5 nitrogen and oxygen atoms in total. The predicted octanol–water partition coefficient (Wildman–Crippen LogP) is 2.57. The van der Waals surface area contributed by atoms with Gasteiger partial charge in [-0.05, 0) is 23.8 Å². The molecule has 1 amide bonds. The number of amides is 1. The highest BCUT2D eigenvalue weighted by Crippen LogP contribution is 2.56. The number of benzene rings is 2. The first-order valence-electron chi connectivity index (χ1n) is 8.68. The Morgan fingerprint density at radius 3 is 2.85 bits per heavy atom. The molecule has 3 heterocycles. The molecule has 5 rings (SSSR count). The molecule has 140 valence electrons. The van der Waals surface area contributed by atoms with Crippen LogP contribution in [0.4, 0.5) is 10.1 Å². The lowest BCUT2D eigenvalue weighted by Gasteiger charge is -2.34. The van der Waals surface area contributed by atoms with Crippen LogP contribution in [0.5, 0.6) is 0 Å². The van der Waals surface area contributed by atoms with Gasteiger partial charge < -0.3 is 10.4 Å². The molecule has 2 aromatic carbocycles. The fourth-order valence-electron chi connectivity index (χ4n) is 4.93.